The van der Waals surface area contributed by atoms with Gasteiger partial charge in [0.2, 0.25) is 10.0 Å². The lowest BCUT2D eigenvalue weighted by atomic mass is 9.98. The van der Waals surface area contributed by atoms with Crippen LogP contribution >= 0.6 is 0 Å². The molecule has 1 aliphatic rings. The number of benzene rings is 1. The van der Waals surface area contributed by atoms with Crippen LogP contribution in [0.5, 0.6) is 0 Å². The molecule has 1 saturated heterocycles. The van der Waals surface area contributed by atoms with E-state index in [1.165, 1.54) is 17.5 Å². The highest BCUT2D eigenvalue weighted by atomic mass is 32.2. The van der Waals surface area contributed by atoms with E-state index >= 15 is 0 Å². The van der Waals surface area contributed by atoms with E-state index in [1.54, 1.807) is 19.1 Å². The first kappa shape index (κ1) is 22.4. The van der Waals surface area contributed by atoms with Crippen molar-refractivity contribution in [2.45, 2.75) is 57.4 Å². The molecular weight excluding hydrogens is 380 g/mol. The third-order valence-corrected chi connectivity index (χ3v) is 7.38. The van der Waals surface area contributed by atoms with Gasteiger partial charge in [0.1, 0.15) is 6.04 Å². The second kappa shape index (κ2) is 9.52. The predicted octanol–water partition coefficient (Wildman–Crippen LogP) is 2.49. The van der Waals surface area contributed by atoms with Crippen LogP contribution in [-0.4, -0.2) is 50.8 Å². The van der Waals surface area contributed by atoms with E-state index in [-0.39, 0.29) is 16.4 Å². The molecule has 1 aliphatic heterocycles. The van der Waals surface area contributed by atoms with Crippen molar-refractivity contribution in [1.82, 2.24) is 9.62 Å². The number of esters is 1. The second-order valence-corrected chi connectivity index (χ2v) is 9.21. The average molecular weight is 411 g/mol. The van der Waals surface area contributed by atoms with Crippen molar-refractivity contribution in [3.63, 3.8) is 0 Å². The topological polar surface area (TPSA) is 92.8 Å². The minimum Gasteiger partial charge on any atom is -0.467 e. The van der Waals surface area contributed by atoms with Crippen LogP contribution in [0.1, 0.15) is 55.5 Å². The number of hydrogen-bond donors (Lipinski definition) is 1. The molecule has 1 fully saturated rings. The molecule has 0 bridgehead atoms. The van der Waals surface area contributed by atoms with Gasteiger partial charge in [-0.25, -0.2) is 13.2 Å². The summed E-state index contributed by atoms with van der Waals surface area (Å²) >= 11 is 0. The van der Waals surface area contributed by atoms with Crippen LogP contribution in [-0.2, 0) is 19.6 Å². The highest BCUT2D eigenvalue weighted by Gasteiger charge is 2.30. The summed E-state index contributed by atoms with van der Waals surface area (Å²) in [5, 5.41) is 2.69. The number of rotatable bonds is 7. The van der Waals surface area contributed by atoms with E-state index < -0.39 is 27.9 Å². The average Bonchev–Trinajstić information content (AvgIpc) is 2.71. The number of ether oxygens (including phenoxy) is 1. The number of piperidine rings is 1. The molecule has 0 saturated carbocycles. The fourth-order valence-corrected chi connectivity index (χ4v) is 5.05. The summed E-state index contributed by atoms with van der Waals surface area (Å²) in [4.78, 5) is 24.9. The molecule has 8 heteroatoms. The van der Waals surface area contributed by atoms with Crippen LogP contribution in [0.25, 0.3) is 0 Å². The van der Waals surface area contributed by atoms with E-state index in [0.29, 0.717) is 25.1 Å². The predicted molar refractivity (Wildman–Crippen MR) is 107 cm³/mol. The van der Waals surface area contributed by atoms with Gasteiger partial charge in [0.15, 0.2) is 0 Å². The quantitative estimate of drug-likeness (QED) is 0.697. The number of nitrogens with zero attached hydrogens (tertiary/aromatic N) is 1. The Labute approximate surface area is 167 Å². The first-order valence-electron chi connectivity index (χ1n) is 9.71. The maximum atomic E-state index is 13.0. The van der Waals surface area contributed by atoms with Crippen LogP contribution in [0.3, 0.4) is 0 Å². The van der Waals surface area contributed by atoms with E-state index in [0.717, 1.165) is 19.3 Å². The molecule has 0 aliphatic carbocycles. The van der Waals surface area contributed by atoms with E-state index in [1.807, 2.05) is 13.8 Å². The second-order valence-electron chi connectivity index (χ2n) is 7.30. The van der Waals surface area contributed by atoms with E-state index in [4.69, 9.17) is 4.74 Å². The number of amides is 1. The van der Waals surface area contributed by atoms with Crippen molar-refractivity contribution < 1.29 is 22.7 Å². The minimum atomic E-state index is -3.66. The standard InChI is InChI=1S/C20H30N2O5S/c1-5-14(2)18(20(24)27-4)21-19(23)16-10-9-15(3)17(13-16)28(25,26)22-11-7-6-8-12-22/h9-10,13-14,18H,5-8,11-12H2,1-4H3,(H,21,23)/t14-,18+/m1/s1. The third kappa shape index (κ3) is 4.91. The lowest BCUT2D eigenvalue weighted by Gasteiger charge is -2.27. The van der Waals surface area contributed by atoms with Gasteiger partial charge in [0.05, 0.1) is 12.0 Å². The zero-order chi connectivity index (χ0) is 20.9. The summed E-state index contributed by atoms with van der Waals surface area (Å²) in [5.41, 5.74) is 0.798. The molecule has 2 rings (SSSR count). The normalized spacial score (nSPS) is 17.6. The molecule has 1 aromatic carbocycles. The Kier molecular flexibility index (Phi) is 7.60. The van der Waals surface area contributed by atoms with Crippen molar-refractivity contribution in [3.8, 4) is 0 Å². The molecule has 0 aromatic heterocycles. The Morgan fingerprint density at radius 1 is 1.21 bits per heavy atom. The number of carbonyl (C=O) groups is 2. The number of carbonyl (C=O) groups excluding carboxylic acids is 2. The van der Waals surface area contributed by atoms with Crippen molar-refractivity contribution >= 4 is 21.9 Å². The highest BCUT2D eigenvalue weighted by molar-refractivity contribution is 7.89. The summed E-state index contributed by atoms with van der Waals surface area (Å²) < 4.78 is 32.3. The van der Waals surface area contributed by atoms with Crippen molar-refractivity contribution in [2.75, 3.05) is 20.2 Å². The molecule has 0 radical (unpaired) electrons. The van der Waals surface area contributed by atoms with Crippen molar-refractivity contribution in [3.05, 3.63) is 29.3 Å². The van der Waals surface area contributed by atoms with Gasteiger partial charge in [0, 0.05) is 18.7 Å². The summed E-state index contributed by atoms with van der Waals surface area (Å²) in [6, 6.07) is 3.82. The molecule has 1 amide bonds. The molecule has 156 valence electrons. The van der Waals surface area contributed by atoms with Gasteiger partial charge < -0.3 is 10.1 Å². The maximum Gasteiger partial charge on any atom is 0.328 e. The molecule has 1 heterocycles. The molecule has 2 atom stereocenters. The molecule has 28 heavy (non-hydrogen) atoms. The maximum absolute atomic E-state index is 13.0. The Morgan fingerprint density at radius 3 is 2.43 bits per heavy atom. The molecule has 1 N–H and O–H groups in total. The van der Waals surface area contributed by atoms with Gasteiger partial charge in [-0.05, 0) is 43.4 Å². The van der Waals surface area contributed by atoms with Crippen LogP contribution < -0.4 is 5.32 Å². The van der Waals surface area contributed by atoms with E-state index in [9.17, 15) is 18.0 Å². The molecule has 0 unspecified atom stereocenters. The number of methoxy groups -OCH3 is 1. The smallest absolute Gasteiger partial charge is 0.328 e. The number of aryl methyl sites for hydroxylation is 1. The lowest BCUT2D eigenvalue weighted by molar-refractivity contribution is -0.144. The van der Waals surface area contributed by atoms with Gasteiger partial charge in [-0.3, -0.25) is 4.79 Å². The minimum absolute atomic E-state index is 0.113. The molecule has 0 spiro atoms. The van der Waals surface area contributed by atoms with Crippen molar-refractivity contribution in [1.29, 1.82) is 0 Å². The molecular formula is C20H30N2O5S. The van der Waals surface area contributed by atoms with Crippen molar-refractivity contribution in [2.24, 2.45) is 5.92 Å². The highest BCUT2D eigenvalue weighted by Crippen LogP contribution is 2.24. The van der Waals surface area contributed by atoms with Crippen LogP contribution in [0, 0.1) is 12.8 Å². The number of sulfonamides is 1. The van der Waals surface area contributed by atoms with Gasteiger partial charge in [-0.2, -0.15) is 4.31 Å². The summed E-state index contributed by atoms with van der Waals surface area (Å²) in [6.45, 7) is 6.48. The van der Waals surface area contributed by atoms with Gasteiger partial charge >= 0.3 is 5.97 Å². The fourth-order valence-electron chi connectivity index (χ4n) is 3.28. The summed E-state index contributed by atoms with van der Waals surface area (Å²) in [6.07, 6.45) is 3.39. The zero-order valence-corrected chi connectivity index (χ0v) is 17.8. The van der Waals surface area contributed by atoms with E-state index in [2.05, 4.69) is 5.32 Å². The van der Waals surface area contributed by atoms with Gasteiger partial charge in [-0.15, -0.1) is 0 Å². The first-order chi connectivity index (χ1) is 13.2. The monoisotopic (exact) mass is 410 g/mol. The Hall–Kier alpha value is -1.93. The summed E-state index contributed by atoms with van der Waals surface area (Å²) in [5.74, 6) is -1.12. The molecule has 1 aromatic rings. The van der Waals surface area contributed by atoms with Crippen LogP contribution in [0.15, 0.2) is 23.1 Å². The Morgan fingerprint density at radius 2 is 1.86 bits per heavy atom. The third-order valence-electron chi connectivity index (χ3n) is 5.34. The van der Waals surface area contributed by atoms with Crippen LogP contribution in [0.4, 0.5) is 0 Å². The lowest BCUT2D eigenvalue weighted by Crippen LogP contribution is -2.45. The molecule has 7 nitrogen and oxygen atoms in total. The first-order valence-corrected chi connectivity index (χ1v) is 11.2. The Balaban J connectivity index is 2.30. The van der Waals surface area contributed by atoms with Gasteiger partial charge in [-0.1, -0.05) is 32.8 Å². The Bertz CT molecular complexity index is 816. The summed E-state index contributed by atoms with van der Waals surface area (Å²) in [7, 11) is -2.38. The van der Waals surface area contributed by atoms with Crippen LogP contribution in [0.2, 0.25) is 0 Å². The number of nitrogens with one attached hydrogen (secondary N) is 1. The fraction of sp³-hybridized carbons (Fsp3) is 0.600. The largest absolute Gasteiger partial charge is 0.467 e. The van der Waals surface area contributed by atoms with Gasteiger partial charge in [0.25, 0.3) is 5.91 Å². The SMILES string of the molecule is CC[C@@H](C)[C@H](NC(=O)c1ccc(C)c(S(=O)(=O)N2CCCCC2)c1)C(=O)OC. The zero-order valence-electron chi connectivity index (χ0n) is 17.0. The number of hydrogen-bond acceptors (Lipinski definition) is 5.